The van der Waals surface area contributed by atoms with E-state index >= 15 is 0 Å². The summed E-state index contributed by atoms with van der Waals surface area (Å²) in [6.07, 6.45) is -3.40. The van der Waals surface area contributed by atoms with Gasteiger partial charge in [-0.25, -0.2) is 0 Å². The number of amides is 1. The molecule has 0 radical (unpaired) electrons. The van der Waals surface area contributed by atoms with Crippen molar-refractivity contribution < 1.29 is 22.7 Å². The Kier molecular flexibility index (Phi) is 5.78. The predicted molar refractivity (Wildman–Crippen MR) is 64.5 cm³/mol. The Morgan fingerprint density at radius 3 is 2.72 bits per heavy atom. The lowest BCUT2D eigenvalue weighted by Crippen LogP contribution is -2.47. The number of likely N-dealkylation sites (tertiary alicyclic amines) is 1. The van der Waals surface area contributed by atoms with E-state index in [4.69, 9.17) is 4.74 Å². The molecule has 0 aromatic heterocycles. The maximum Gasteiger partial charge on any atom is 0.397 e. The number of alkyl halides is 3. The molecule has 1 amide bonds. The lowest BCUT2D eigenvalue weighted by Gasteiger charge is -2.36. The number of rotatable bonds is 4. The molecule has 3 nitrogen and oxygen atoms in total. The van der Waals surface area contributed by atoms with Crippen LogP contribution in [0, 0.1) is 5.92 Å². The second-order valence-electron chi connectivity index (χ2n) is 4.49. The standard InChI is InChI=1S/C11H18F3NO2S/c1-8-3-4-15(5-9(8)17-2)10(16)6-18-7-11(12,13)14/h8-9H,3-7H2,1-2H3. The van der Waals surface area contributed by atoms with Crippen LogP contribution in [-0.2, 0) is 9.53 Å². The van der Waals surface area contributed by atoms with E-state index in [2.05, 4.69) is 0 Å². The highest BCUT2D eigenvalue weighted by Gasteiger charge is 2.30. The van der Waals surface area contributed by atoms with E-state index in [1.165, 1.54) is 0 Å². The Morgan fingerprint density at radius 2 is 2.17 bits per heavy atom. The van der Waals surface area contributed by atoms with Crippen LogP contribution >= 0.6 is 11.8 Å². The third-order valence-corrected chi connectivity index (χ3v) is 4.02. The molecule has 0 bridgehead atoms. The molecular weight excluding hydrogens is 267 g/mol. The normalized spacial score (nSPS) is 25.3. The zero-order chi connectivity index (χ0) is 13.8. The lowest BCUT2D eigenvalue weighted by atomic mass is 9.96. The average molecular weight is 285 g/mol. The van der Waals surface area contributed by atoms with Gasteiger partial charge in [0.15, 0.2) is 0 Å². The molecule has 2 atom stereocenters. The second-order valence-corrected chi connectivity index (χ2v) is 5.47. The molecule has 0 aromatic rings. The summed E-state index contributed by atoms with van der Waals surface area (Å²) in [5.41, 5.74) is 0. The molecule has 2 unspecified atom stereocenters. The quantitative estimate of drug-likeness (QED) is 0.793. The first kappa shape index (κ1) is 15.6. The van der Waals surface area contributed by atoms with E-state index in [-0.39, 0.29) is 17.8 Å². The van der Waals surface area contributed by atoms with E-state index in [0.29, 0.717) is 30.8 Å². The predicted octanol–water partition coefficient (Wildman–Crippen LogP) is 2.17. The first-order chi connectivity index (χ1) is 8.33. The van der Waals surface area contributed by atoms with Gasteiger partial charge in [0.2, 0.25) is 5.91 Å². The fourth-order valence-electron chi connectivity index (χ4n) is 1.91. The topological polar surface area (TPSA) is 29.5 Å². The van der Waals surface area contributed by atoms with Gasteiger partial charge in [-0.3, -0.25) is 4.79 Å². The van der Waals surface area contributed by atoms with Crippen molar-refractivity contribution in [3.63, 3.8) is 0 Å². The SMILES string of the molecule is COC1CN(C(=O)CSCC(F)(F)F)CCC1C. The lowest BCUT2D eigenvalue weighted by molar-refractivity contribution is -0.133. The Morgan fingerprint density at radius 1 is 1.50 bits per heavy atom. The zero-order valence-electron chi connectivity index (χ0n) is 10.5. The van der Waals surface area contributed by atoms with Crippen LogP contribution in [0.25, 0.3) is 0 Å². The van der Waals surface area contributed by atoms with Crippen molar-refractivity contribution in [3.8, 4) is 0 Å². The highest BCUT2D eigenvalue weighted by atomic mass is 32.2. The van der Waals surface area contributed by atoms with Crippen molar-refractivity contribution in [2.45, 2.75) is 25.6 Å². The van der Waals surface area contributed by atoms with Gasteiger partial charge in [-0.15, -0.1) is 11.8 Å². The van der Waals surface area contributed by atoms with Gasteiger partial charge >= 0.3 is 6.18 Å². The molecule has 0 saturated carbocycles. The molecule has 1 saturated heterocycles. The number of hydrogen-bond acceptors (Lipinski definition) is 3. The summed E-state index contributed by atoms with van der Waals surface area (Å²) >= 11 is 0.615. The van der Waals surface area contributed by atoms with Gasteiger partial charge in [-0.1, -0.05) is 6.92 Å². The zero-order valence-corrected chi connectivity index (χ0v) is 11.3. The number of hydrogen-bond donors (Lipinski definition) is 0. The van der Waals surface area contributed by atoms with E-state index in [0.717, 1.165) is 6.42 Å². The fraction of sp³-hybridized carbons (Fsp3) is 0.909. The highest BCUT2D eigenvalue weighted by Crippen LogP contribution is 2.23. The summed E-state index contributed by atoms with van der Waals surface area (Å²) in [5, 5.41) is 0. The van der Waals surface area contributed by atoms with Crippen molar-refractivity contribution in [3.05, 3.63) is 0 Å². The van der Waals surface area contributed by atoms with Gasteiger partial charge in [-0.05, 0) is 12.3 Å². The number of carbonyl (C=O) groups excluding carboxylic acids is 1. The number of ether oxygens (including phenoxy) is 1. The Bertz CT molecular complexity index is 286. The number of methoxy groups -OCH3 is 1. The van der Waals surface area contributed by atoms with Crippen molar-refractivity contribution in [2.75, 3.05) is 31.7 Å². The van der Waals surface area contributed by atoms with E-state index in [1.807, 2.05) is 6.92 Å². The molecule has 0 N–H and O–H groups in total. The molecule has 18 heavy (non-hydrogen) atoms. The summed E-state index contributed by atoms with van der Waals surface area (Å²) < 4.78 is 41.1. The van der Waals surface area contributed by atoms with E-state index in [1.54, 1.807) is 12.0 Å². The summed E-state index contributed by atoms with van der Waals surface area (Å²) in [7, 11) is 1.59. The molecule has 7 heteroatoms. The number of thioether (sulfide) groups is 1. The summed E-state index contributed by atoms with van der Waals surface area (Å²) in [5.74, 6) is -0.957. The van der Waals surface area contributed by atoms with Crippen molar-refractivity contribution in [1.82, 2.24) is 4.90 Å². The van der Waals surface area contributed by atoms with Crippen LogP contribution in [0.15, 0.2) is 0 Å². The van der Waals surface area contributed by atoms with Gasteiger partial charge in [0.25, 0.3) is 0 Å². The molecule has 1 aliphatic heterocycles. The molecule has 0 aliphatic carbocycles. The van der Waals surface area contributed by atoms with Crippen LogP contribution in [0.3, 0.4) is 0 Å². The van der Waals surface area contributed by atoms with Gasteiger partial charge in [0, 0.05) is 20.2 Å². The van der Waals surface area contributed by atoms with Crippen molar-refractivity contribution in [2.24, 2.45) is 5.92 Å². The molecule has 1 aliphatic rings. The number of piperidine rings is 1. The first-order valence-electron chi connectivity index (χ1n) is 5.78. The molecule has 0 spiro atoms. The van der Waals surface area contributed by atoms with Gasteiger partial charge in [0.1, 0.15) is 0 Å². The third kappa shape index (κ3) is 5.06. The van der Waals surface area contributed by atoms with Gasteiger partial charge in [-0.2, -0.15) is 13.2 Å². The first-order valence-corrected chi connectivity index (χ1v) is 6.94. The minimum atomic E-state index is -4.21. The minimum Gasteiger partial charge on any atom is -0.379 e. The Labute approximate surface area is 109 Å². The average Bonchev–Trinajstić information content (AvgIpc) is 2.27. The van der Waals surface area contributed by atoms with Crippen molar-refractivity contribution >= 4 is 17.7 Å². The molecule has 1 heterocycles. The Hall–Kier alpha value is -0.430. The van der Waals surface area contributed by atoms with Crippen LogP contribution in [0.1, 0.15) is 13.3 Å². The van der Waals surface area contributed by atoms with E-state index < -0.39 is 11.9 Å². The number of carbonyl (C=O) groups is 1. The van der Waals surface area contributed by atoms with Gasteiger partial charge in [0.05, 0.1) is 17.6 Å². The number of nitrogens with zero attached hydrogens (tertiary/aromatic N) is 1. The number of halogens is 3. The molecular formula is C11H18F3NO2S. The second kappa shape index (κ2) is 6.65. The minimum absolute atomic E-state index is 0.0182. The van der Waals surface area contributed by atoms with E-state index in [9.17, 15) is 18.0 Å². The maximum absolute atomic E-state index is 12.0. The fourth-order valence-corrected chi connectivity index (χ4v) is 2.60. The molecule has 106 valence electrons. The molecule has 0 aromatic carbocycles. The smallest absolute Gasteiger partial charge is 0.379 e. The highest BCUT2D eigenvalue weighted by molar-refractivity contribution is 8.00. The van der Waals surface area contributed by atoms with Crippen LogP contribution in [0.5, 0.6) is 0 Å². The van der Waals surface area contributed by atoms with Crippen molar-refractivity contribution in [1.29, 1.82) is 0 Å². The summed E-state index contributed by atoms with van der Waals surface area (Å²) in [4.78, 5) is 13.3. The van der Waals surface area contributed by atoms with Crippen LogP contribution < -0.4 is 0 Å². The maximum atomic E-state index is 12.0. The van der Waals surface area contributed by atoms with Crippen LogP contribution in [0.2, 0.25) is 0 Å². The molecule has 1 rings (SSSR count). The summed E-state index contributed by atoms with van der Waals surface area (Å²) in [6, 6.07) is 0. The monoisotopic (exact) mass is 285 g/mol. The van der Waals surface area contributed by atoms with Crippen LogP contribution in [-0.4, -0.2) is 54.8 Å². The van der Waals surface area contributed by atoms with Crippen LogP contribution in [0.4, 0.5) is 13.2 Å². The third-order valence-electron chi connectivity index (χ3n) is 3.04. The van der Waals surface area contributed by atoms with Gasteiger partial charge < -0.3 is 9.64 Å². The largest absolute Gasteiger partial charge is 0.397 e. The summed E-state index contributed by atoms with van der Waals surface area (Å²) in [6.45, 7) is 3.13. The molecule has 1 fully saturated rings. The Balaban J connectivity index is 2.34.